The van der Waals surface area contributed by atoms with Crippen LogP contribution in [-0.2, 0) is 16.0 Å². The largest absolute Gasteiger partial charge is 0.377 e. The average Bonchev–Trinajstić information content (AvgIpc) is 2.96. The van der Waals surface area contributed by atoms with Crippen LogP contribution in [0, 0.1) is 0 Å². The van der Waals surface area contributed by atoms with Crippen molar-refractivity contribution in [3.05, 3.63) is 36.0 Å². The van der Waals surface area contributed by atoms with E-state index in [2.05, 4.69) is 17.1 Å². The molecule has 1 aromatic carbocycles. The van der Waals surface area contributed by atoms with E-state index >= 15 is 0 Å². The number of H-pyrrole nitrogens is 1. The Morgan fingerprint density at radius 3 is 3.14 bits per heavy atom. The molecule has 0 bridgehead atoms. The normalized spacial score (nSPS) is 18.8. The maximum Gasteiger partial charge on any atom is 0.222 e. The lowest BCUT2D eigenvalue weighted by Crippen LogP contribution is -2.43. The van der Waals surface area contributed by atoms with Crippen molar-refractivity contribution in [3.63, 3.8) is 0 Å². The van der Waals surface area contributed by atoms with Crippen LogP contribution in [0.15, 0.2) is 30.5 Å². The summed E-state index contributed by atoms with van der Waals surface area (Å²) in [7, 11) is 0. The smallest absolute Gasteiger partial charge is 0.222 e. The molecule has 22 heavy (non-hydrogen) atoms. The van der Waals surface area contributed by atoms with Crippen molar-refractivity contribution in [1.29, 1.82) is 0 Å². The first-order valence-corrected chi connectivity index (χ1v) is 8.22. The molecular formula is C18H24N2O2. The number of likely N-dealkylation sites (tertiary alicyclic amines) is 1. The molecule has 0 unspecified atom stereocenters. The van der Waals surface area contributed by atoms with E-state index in [0.717, 1.165) is 44.5 Å². The fraction of sp³-hybridized carbons (Fsp3) is 0.500. The van der Waals surface area contributed by atoms with E-state index in [1.165, 1.54) is 10.9 Å². The van der Waals surface area contributed by atoms with Crippen LogP contribution in [0.4, 0.5) is 0 Å². The number of carbonyl (C=O) groups is 1. The van der Waals surface area contributed by atoms with Crippen LogP contribution in [0.25, 0.3) is 10.9 Å². The Morgan fingerprint density at radius 1 is 1.41 bits per heavy atom. The van der Waals surface area contributed by atoms with Crippen LogP contribution in [0.5, 0.6) is 0 Å². The molecule has 1 fully saturated rings. The molecule has 0 aliphatic carbocycles. The van der Waals surface area contributed by atoms with Gasteiger partial charge in [0, 0.05) is 43.2 Å². The van der Waals surface area contributed by atoms with Gasteiger partial charge in [-0.2, -0.15) is 0 Å². The highest BCUT2D eigenvalue weighted by atomic mass is 16.5. The van der Waals surface area contributed by atoms with E-state index < -0.39 is 0 Å². The number of nitrogens with zero attached hydrogens (tertiary/aromatic N) is 1. The number of nitrogens with one attached hydrogen (secondary N) is 1. The Kier molecular flexibility index (Phi) is 4.78. The number of para-hydroxylation sites is 1. The zero-order valence-electron chi connectivity index (χ0n) is 13.2. The number of fused-ring (bicyclic) bond motifs is 1. The van der Waals surface area contributed by atoms with Crippen LogP contribution in [0.2, 0.25) is 0 Å². The minimum atomic E-state index is 0.218. The number of aromatic amines is 1. The highest BCUT2D eigenvalue weighted by molar-refractivity contribution is 5.84. The summed E-state index contributed by atoms with van der Waals surface area (Å²) in [4.78, 5) is 17.7. The van der Waals surface area contributed by atoms with E-state index in [1.54, 1.807) is 0 Å². The predicted molar refractivity (Wildman–Crippen MR) is 87.8 cm³/mol. The Labute approximate surface area is 131 Å². The molecule has 1 aromatic heterocycles. The Hall–Kier alpha value is -1.81. The standard InChI is InChI=1S/C18H24N2O2/c1-2-22-15-6-5-11-20(13-15)18(21)10-9-14-12-19-17-8-4-3-7-16(14)17/h3-4,7-8,12,15,19H,2,5-6,9-11,13H2,1H3/t15-/m1/s1. The molecule has 1 atom stereocenters. The van der Waals surface area contributed by atoms with Crippen molar-refractivity contribution in [1.82, 2.24) is 9.88 Å². The Morgan fingerprint density at radius 2 is 2.27 bits per heavy atom. The molecule has 1 aliphatic heterocycles. The second-order valence-corrected chi connectivity index (χ2v) is 5.92. The number of hydrogen-bond donors (Lipinski definition) is 1. The predicted octanol–water partition coefficient (Wildman–Crippen LogP) is 3.13. The number of ether oxygens (including phenoxy) is 1. The van der Waals surface area contributed by atoms with E-state index in [1.807, 2.05) is 30.2 Å². The molecule has 3 rings (SSSR count). The number of piperidine rings is 1. The summed E-state index contributed by atoms with van der Waals surface area (Å²) in [6, 6.07) is 8.24. The van der Waals surface area contributed by atoms with Gasteiger partial charge in [-0.05, 0) is 37.8 Å². The lowest BCUT2D eigenvalue weighted by Gasteiger charge is -2.32. The molecule has 2 aromatic rings. The minimum absolute atomic E-state index is 0.218. The third kappa shape index (κ3) is 3.33. The quantitative estimate of drug-likeness (QED) is 0.922. The summed E-state index contributed by atoms with van der Waals surface area (Å²) in [5.41, 5.74) is 2.36. The highest BCUT2D eigenvalue weighted by Crippen LogP contribution is 2.20. The molecule has 1 N–H and O–H groups in total. The maximum atomic E-state index is 12.4. The molecule has 1 aliphatic rings. The van der Waals surface area contributed by atoms with Crippen LogP contribution >= 0.6 is 0 Å². The van der Waals surface area contributed by atoms with E-state index in [0.29, 0.717) is 6.42 Å². The first-order chi connectivity index (χ1) is 10.8. The first kappa shape index (κ1) is 15.1. The van der Waals surface area contributed by atoms with Crippen LogP contribution in [0.1, 0.15) is 31.7 Å². The summed E-state index contributed by atoms with van der Waals surface area (Å²) < 4.78 is 5.67. The van der Waals surface area contributed by atoms with E-state index in [4.69, 9.17) is 4.74 Å². The van der Waals surface area contributed by atoms with E-state index in [-0.39, 0.29) is 12.0 Å². The van der Waals surface area contributed by atoms with Crippen molar-refractivity contribution < 1.29 is 9.53 Å². The van der Waals surface area contributed by atoms with Gasteiger partial charge in [-0.1, -0.05) is 18.2 Å². The van der Waals surface area contributed by atoms with Crippen LogP contribution < -0.4 is 0 Å². The molecular weight excluding hydrogens is 276 g/mol. The monoisotopic (exact) mass is 300 g/mol. The molecule has 1 saturated heterocycles. The first-order valence-electron chi connectivity index (χ1n) is 8.22. The second kappa shape index (κ2) is 6.97. The molecule has 4 nitrogen and oxygen atoms in total. The van der Waals surface area contributed by atoms with Gasteiger partial charge in [-0.25, -0.2) is 0 Å². The molecule has 1 amide bonds. The fourth-order valence-electron chi connectivity index (χ4n) is 3.27. The number of aryl methyl sites for hydroxylation is 1. The van der Waals surface area contributed by atoms with Gasteiger partial charge in [0.15, 0.2) is 0 Å². The summed E-state index contributed by atoms with van der Waals surface area (Å²) in [6.45, 7) is 4.36. The zero-order chi connectivity index (χ0) is 15.4. The van der Waals surface area contributed by atoms with Gasteiger partial charge in [0.1, 0.15) is 0 Å². The van der Waals surface area contributed by atoms with Crippen molar-refractivity contribution in [2.24, 2.45) is 0 Å². The third-order valence-electron chi connectivity index (χ3n) is 4.42. The third-order valence-corrected chi connectivity index (χ3v) is 4.42. The van der Waals surface area contributed by atoms with Gasteiger partial charge in [-0.15, -0.1) is 0 Å². The summed E-state index contributed by atoms with van der Waals surface area (Å²) in [6.07, 6.45) is 5.72. The lowest BCUT2D eigenvalue weighted by atomic mass is 10.1. The number of carbonyl (C=O) groups excluding carboxylic acids is 1. The maximum absolute atomic E-state index is 12.4. The summed E-state index contributed by atoms with van der Waals surface area (Å²) in [5.74, 6) is 0.245. The van der Waals surface area contributed by atoms with Crippen molar-refractivity contribution in [3.8, 4) is 0 Å². The molecule has 4 heteroatoms. The van der Waals surface area contributed by atoms with Crippen molar-refractivity contribution in [2.45, 2.75) is 38.7 Å². The fourth-order valence-corrected chi connectivity index (χ4v) is 3.27. The van der Waals surface area contributed by atoms with Gasteiger partial charge in [0.2, 0.25) is 5.91 Å². The van der Waals surface area contributed by atoms with Crippen LogP contribution in [-0.4, -0.2) is 41.6 Å². The minimum Gasteiger partial charge on any atom is -0.377 e. The molecule has 0 saturated carbocycles. The van der Waals surface area contributed by atoms with Gasteiger partial charge in [0.25, 0.3) is 0 Å². The van der Waals surface area contributed by atoms with Crippen LogP contribution in [0.3, 0.4) is 0 Å². The Bertz CT molecular complexity index is 633. The lowest BCUT2D eigenvalue weighted by molar-refractivity contribution is -0.135. The number of benzene rings is 1. The number of rotatable bonds is 5. The van der Waals surface area contributed by atoms with Crippen molar-refractivity contribution in [2.75, 3.05) is 19.7 Å². The number of aromatic nitrogens is 1. The molecule has 2 heterocycles. The van der Waals surface area contributed by atoms with Gasteiger partial charge in [-0.3, -0.25) is 4.79 Å². The van der Waals surface area contributed by atoms with Gasteiger partial charge < -0.3 is 14.6 Å². The SMILES string of the molecule is CCO[C@@H]1CCCN(C(=O)CCc2c[nH]c3ccccc23)C1. The average molecular weight is 300 g/mol. The molecule has 0 radical (unpaired) electrons. The molecule has 118 valence electrons. The summed E-state index contributed by atoms with van der Waals surface area (Å²) in [5, 5.41) is 1.22. The highest BCUT2D eigenvalue weighted by Gasteiger charge is 2.23. The molecule has 0 spiro atoms. The number of amides is 1. The Balaban J connectivity index is 1.58. The second-order valence-electron chi connectivity index (χ2n) is 5.92. The van der Waals surface area contributed by atoms with E-state index in [9.17, 15) is 4.79 Å². The van der Waals surface area contributed by atoms with Gasteiger partial charge >= 0.3 is 0 Å². The summed E-state index contributed by atoms with van der Waals surface area (Å²) >= 11 is 0. The topological polar surface area (TPSA) is 45.3 Å². The van der Waals surface area contributed by atoms with Gasteiger partial charge in [0.05, 0.1) is 6.10 Å². The van der Waals surface area contributed by atoms with Crippen molar-refractivity contribution >= 4 is 16.8 Å². The number of hydrogen-bond acceptors (Lipinski definition) is 2. The zero-order valence-corrected chi connectivity index (χ0v) is 13.2.